The third-order valence-corrected chi connectivity index (χ3v) is 3.34. The Balaban J connectivity index is 2.44. The first kappa shape index (κ1) is 13.2. The average molecular weight is 311 g/mol. The van der Waals surface area contributed by atoms with Crippen LogP contribution in [-0.2, 0) is 17.8 Å². The summed E-state index contributed by atoms with van der Waals surface area (Å²) >= 11 is 3.52. The highest BCUT2D eigenvalue weighted by atomic mass is 79.9. The summed E-state index contributed by atoms with van der Waals surface area (Å²) in [5.41, 5.74) is 6.68. The van der Waals surface area contributed by atoms with E-state index in [-0.39, 0.29) is 0 Å². The maximum absolute atomic E-state index is 5.68. The van der Waals surface area contributed by atoms with Crippen molar-refractivity contribution in [1.82, 2.24) is 14.8 Å². The number of hydrogen-bond donors (Lipinski definition) is 1. The average Bonchev–Trinajstić information content (AvgIpc) is 2.79. The van der Waals surface area contributed by atoms with Gasteiger partial charge in [0.25, 0.3) is 0 Å². The normalized spacial score (nSPS) is 10.8. The van der Waals surface area contributed by atoms with Crippen molar-refractivity contribution in [2.24, 2.45) is 5.73 Å². The van der Waals surface area contributed by atoms with Crippen LogP contribution in [0, 0.1) is 0 Å². The Labute approximate surface area is 114 Å². The number of halogens is 1. The molecule has 1 aromatic carbocycles. The van der Waals surface area contributed by atoms with Gasteiger partial charge in [0.2, 0.25) is 0 Å². The smallest absolute Gasteiger partial charge is 0.165 e. The Morgan fingerprint density at radius 3 is 2.78 bits per heavy atom. The first-order chi connectivity index (χ1) is 8.77. The minimum absolute atomic E-state index is 0.362. The van der Waals surface area contributed by atoms with Gasteiger partial charge in [-0.3, -0.25) is 0 Å². The Morgan fingerprint density at radius 2 is 2.11 bits per heavy atom. The molecule has 0 unspecified atom stereocenters. The fourth-order valence-corrected chi connectivity index (χ4v) is 2.21. The van der Waals surface area contributed by atoms with Crippen molar-refractivity contribution in [2.75, 3.05) is 13.7 Å². The minimum Gasteiger partial charge on any atom is -0.383 e. The summed E-state index contributed by atoms with van der Waals surface area (Å²) in [5, 5.41) is 8.33. The molecule has 0 amide bonds. The maximum atomic E-state index is 5.68. The van der Waals surface area contributed by atoms with Crippen molar-refractivity contribution < 1.29 is 4.74 Å². The molecule has 96 valence electrons. The van der Waals surface area contributed by atoms with Crippen LogP contribution >= 0.6 is 15.9 Å². The van der Waals surface area contributed by atoms with Crippen molar-refractivity contribution in [3.63, 3.8) is 0 Å². The van der Waals surface area contributed by atoms with Gasteiger partial charge in [0, 0.05) is 23.7 Å². The van der Waals surface area contributed by atoms with E-state index < -0.39 is 0 Å². The lowest BCUT2D eigenvalue weighted by atomic mass is 10.2. The SMILES string of the molecule is COCCn1c(CN)nnc1-c1ccccc1Br. The topological polar surface area (TPSA) is 66.0 Å². The molecule has 0 aliphatic heterocycles. The molecule has 0 atom stereocenters. The molecule has 0 saturated heterocycles. The number of rotatable bonds is 5. The van der Waals surface area contributed by atoms with Gasteiger partial charge in [-0.1, -0.05) is 34.1 Å². The fraction of sp³-hybridized carbons (Fsp3) is 0.333. The summed E-state index contributed by atoms with van der Waals surface area (Å²) < 4.78 is 8.08. The predicted molar refractivity (Wildman–Crippen MR) is 72.9 cm³/mol. The minimum atomic E-state index is 0.362. The Hall–Kier alpha value is -1.24. The van der Waals surface area contributed by atoms with Gasteiger partial charge in [-0.05, 0) is 6.07 Å². The Morgan fingerprint density at radius 1 is 1.33 bits per heavy atom. The highest BCUT2D eigenvalue weighted by Gasteiger charge is 2.14. The van der Waals surface area contributed by atoms with Gasteiger partial charge in [-0.25, -0.2) is 0 Å². The molecule has 0 aliphatic rings. The summed E-state index contributed by atoms with van der Waals surface area (Å²) in [7, 11) is 1.67. The second-order valence-corrected chi connectivity index (χ2v) is 4.62. The summed E-state index contributed by atoms with van der Waals surface area (Å²) in [5.74, 6) is 1.57. The number of nitrogens with zero attached hydrogens (tertiary/aromatic N) is 3. The van der Waals surface area contributed by atoms with Crippen LogP contribution in [0.15, 0.2) is 28.7 Å². The lowest BCUT2D eigenvalue weighted by Gasteiger charge is -2.09. The second-order valence-electron chi connectivity index (χ2n) is 3.77. The van der Waals surface area contributed by atoms with Crippen LogP contribution in [-0.4, -0.2) is 28.5 Å². The van der Waals surface area contributed by atoms with E-state index in [1.54, 1.807) is 7.11 Å². The standard InChI is InChI=1S/C12H15BrN4O/c1-18-7-6-17-11(8-14)15-16-12(17)9-4-2-3-5-10(9)13/h2-5H,6-8,14H2,1H3. The highest BCUT2D eigenvalue weighted by Crippen LogP contribution is 2.26. The van der Waals surface area contributed by atoms with Gasteiger partial charge >= 0.3 is 0 Å². The van der Waals surface area contributed by atoms with E-state index in [0.29, 0.717) is 19.7 Å². The zero-order valence-corrected chi connectivity index (χ0v) is 11.7. The van der Waals surface area contributed by atoms with Gasteiger partial charge in [0.15, 0.2) is 5.82 Å². The van der Waals surface area contributed by atoms with Crippen LogP contribution in [0.2, 0.25) is 0 Å². The van der Waals surface area contributed by atoms with E-state index >= 15 is 0 Å². The highest BCUT2D eigenvalue weighted by molar-refractivity contribution is 9.10. The zero-order valence-electron chi connectivity index (χ0n) is 10.1. The summed E-state index contributed by atoms with van der Waals surface area (Å²) in [6.45, 7) is 1.65. The monoisotopic (exact) mass is 310 g/mol. The molecule has 6 heteroatoms. The Bertz CT molecular complexity index is 527. The van der Waals surface area contributed by atoms with Crippen molar-refractivity contribution in [3.05, 3.63) is 34.6 Å². The van der Waals surface area contributed by atoms with Crippen molar-refractivity contribution in [3.8, 4) is 11.4 Å². The molecular weight excluding hydrogens is 296 g/mol. The van der Waals surface area contributed by atoms with Gasteiger partial charge < -0.3 is 15.0 Å². The fourth-order valence-electron chi connectivity index (χ4n) is 1.75. The number of aromatic nitrogens is 3. The van der Waals surface area contributed by atoms with Crippen molar-refractivity contribution in [1.29, 1.82) is 0 Å². The van der Waals surface area contributed by atoms with Gasteiger partial charge in [-0.2, -0.15) is 0 Å². The summed E-state index contributed by atoms with van der Waals surface area (Å²) in [4.78, 5) is 0. The van der Waals surface area contributed by atoms with Crippen LogP contribution < -0.4 is 5.73 Å². The molecule has 0 radical (unpaired) electrons. The van der Waals surface area contributed by atoms with Gasteiger partial charge in [-0.15, -0.1) is 10.2 Å². The van der Waals surface area contributed by atoms with Crippen LogP contribution in [0.4, 0.5) is 0 Å². The summed E-state index contributed by atoms with van der Waals surface area (Å²) in [6, 6.07) is 7.91. The zero-order chi connectivity index (χ0) is 13.0. The molecule has 0 spiro atoms. The van der Waals surface area contributed by atoms with Crippen LogP contribution in [0.5, 0.6) is 0 Å². The van der Waals surface area contributed by atoms with Crippen LogP contribution in [0.25, 0.3) is 11.4 Å². The van der Waals surface area contributed by atoms with E-state index in [1.807, 2.05) is 28.8 Å². The lowest BCUT2D eigenvalue weighted by Crippen LogP contribution is -2.12. The molecule has 0 bridgehead atoms. The molecule has 0 saturated carbocycles. The van der Waals surface area contributed by atoms with E-state index in [9.17, 15) is 0 Å². The van der Waals surface area contributed by atoms with Crippen molar-refractivity contribution in [2.45, 2.75) is 13.1 Å². The predicted octanol–water partition coefficient (Wildman–Crippen LogP) is 1.81. The number of nitrogens with two attached hydrogens (primary N) is 1. The molecule has 18 heavy (non-hydrogen) atoms. The molecule has 0 fully saturated rings. The molecule has 2 N–H and O–H groups in total. The Kier molecular flexibility index (Phi) is 4.46. The van der Waals surface area contributed by atoms with E-state index in [4.69, 9.17) is 10.5 Å². The van der Waals surface area contributed by atoms with E-state index in [1.165, 1.54) is 0 Å². The van der Waals surface area contributed by atoms with Crippen LogP contribution in [0.1, 0.15) is 5.82 Å². The third-order valence-electron chi connectivity index (χ3n) is 2.64. The molecule has 1 aromatic heterocycles. The van der Waals surface area contributed by atoms with Crippen LogP contribution in [0.3, 0.4) is 0 Å². The number of methoxy groups -OCH3 is 1. The van der Waals surface area contributed by atoms with E-state index in [0.717, 1.165) is 21.7 Å². The lowest BCUT2D eigenvalue weighted by molar-refractivity contribution is 0.186. The van der Waals surface area contributed by atoms with Gasteiger partial charge in [0.05, 0.1) is 13.2 Å². The molecule has 2 rings (SSSR count). The number of benzene rings is 1. The second kappa shape index (κ2) is 6.08. The molecule has 0 aliphatic carbocycles. The van der Waals surface area contributed by atoms with E-state index in [2.05, 4.69) is 26.1 Å². The maximum Gasteiger partial charge on any atom is 0.165 e. The van der Waals surface area contributed by atoms with Gasteiger partial charge in [0.1, 0.15) is 5.82 Å². The quantitative estimate of drug-likeness (QED) is 0.914. The molecule has 2 aromatic rings. The molecular formula is C12H15BrN4O. The van der Waals surface area contributed by atoms with Crippen molar-refractivity contribution >= 4 is 15.9 Å². The largest absolute Gasteiger partial charge is 0.383 e. The third kappa shape index (κ3) is 2.60. The summed E-state index contributed by atoms with van der Waals surface area (Å²) in [6.07, 6.45) is 0. The molecule has 1 heterocycles. The first-order valence-corrected chi connectivity index (χ1v) is 6.43. The number of ether oxygens (including phenoxy) is 1. The first-order valence-electron chi connectivity index (χ1n) is 5.64. The number of hydrogen-bond acceptors (Lipinski definition) is 4. The molecule has 5 nitrogen and oxygen atoms in total.